The van der Waals surface area contributed by atoms with E-state index in [1.165, 1.54) is 30.6 Å². The van der Waals surface area contributed by atoms with Crippen molar-refractivity contribution in [2.75, 3.05) is 11.9 Å². The number of alkyl halides is 3. The van der Waals surface area contributed by atoms with Crippen LogP contribution in [0.5, 0.6) is 5.75 Å². The molecular weight excluding hydrogens is 469 g/mol. The molecule has 0 saturated carbocycles. The van der Waals surface area contributed by atoms with Crippen LogP contribution in [0, 0.1) is 10.1 Å². The number of hydrogen-bond acceptors (Lipinski definition) is 6. The zero-order chi connectivity index (χ0) is 24.0. The van der Waals surface area contributed by atoms with Gasteiger partial charge in [0.1, 0.15) is 25.7 Å². The standard InChI is InChI=1S/C20H16ClF3N4O5/c21-17-7-16(28(30)31)5-6-18(17)33-10-13-1-3-14(4-2-13)19(29)26-15-8-25-27(9-15)12-32-11-20(22,23)24/h1-9H,10-12H2,(H,26,29). The summed E-state index contributed by atoms with van der Waals surface area (Å²) >= 11 is 5.99. The number of carbonyl (C=O) groups excluding carboxylic acids is 1. The Bertz CT molecular complexity index is 1140. The van der Waals surface area contributed by atoms with Crippen LogP contribution in [0.4, 0.5) is 24.5 Å². The molecule has 0 atom stereocenters. The van der Waals surface area contributed by atoms with Gasteiger partial charge in [0.05, 0.1) is 28.0 Å². The summed E-state index contributed by atoms with van der Waals surface area (Å²) in [5.74, 6) is -0.169. The highest BCUT2D eigenvalue weighted by molar-refractivity contribution is 6.32. The molecule has 1 amide bonds. The van der Waals surface area contributed by atoms with Gasteiger partial charge in [-0.05, 0) is 23.8 Å². The number of halogens is 4. The summed E-state index contributed by atoms with van der Waals surface area (Å²) in [7, 11) is 0. The average molecular weight is 485 g/mol. The maximum atomic E-state index is 12.4. The molecule has 0 aliphatic heterocycles. The van der Waals surface area contributed by atoms with Gasteiger partial charge in [-0.2, -0.15) is 18.3 Å². The van der Waals surface area contributed by atoms with Crippen LogP contribution >= 0.6 is 11.6 Å². The van der Waals surface area contributed by atoms with Crippen LogP contribution in [0.25, 0.3) is 0 Å². The Morgan fingerprint density at radius 3 is 2.58 bits per heavy atom. The minimum Gasteiger partial charge on any atom is -0.487 e. The highest BCUT2D eigenvalue weighted by Crippen LogP contribution is 2.29. The fourth-order valence-electron chi connectivity index (χ4n) is 2.59. The Balaban J connectivity index is 1.52. The van der Waals surface area contributed by atoms with E-state index in [0.29, 0.717) is 5.56 Å². The highest BCUT2D eigenvalue weighted by Gasteiger charge is 2.27. The molecule has 0 aliphatic rings. The first kappa shape index (κ1) is 24.0. The smallest absolute Gasteiger partial charge is 0.411 e. The van der Waals surface area contributed by atoms with E-state index in [-0.39, 0.29) is 28.8 Å². The van der Waals surface area contributed by atoms with Gasteiger partial charge in [-0.25, -0.2) is 4.68 Å². The number of nitrogens with zero attached hydrogens (tertiary/aromatic N) is 3. The second-order valence-corrected chi connectivity index (χ2v) is 7.08. The van der Waals surface area contributed by atoms with Crippen LogP contribution in [-0.4, -0.2) is 33.4 Å². The summed E-state index contributed by atoms with van der Waals surface area (Å²) in [4.78, 5) is 22.5. The lowest BCUT2D eigenvalue weighted by Crippen LogP contribution is -2.18. The number of amides is 1. The van der Waals surface area contributed by atoms with Crippen molar-refractivity contribution in [1.29, 1.82) is 0 Å². The lowest BCUT2D eigenvalue weighted by atomic mass is 10.1. The minimum absolute atomic E-state index is 0.101. The number of nitro groups is 1. The van der Waals surface area contributed by atoms with Gasteiger partial charge in [0.2, 0.25) is 0 Å². The fourth-order valence-corrected chi connectivity index (χ4v) is 2.82. The molecule has 1 aromatic heterocycles. The van der Waals surface area contributed by atoms with Gasteiger partial charge >= 0.3 is 6.18 Å². The molecule has 0 radical (unpaired) electrons. The average Bonchev–Trinajstić information content (AvgIpc) is 3.19. The summed E-state index contributed by atoms with van der Waals surface area (Å²) in [6.45, 7) is -1.70. The van der Waals surface area contributed by atoms with E-state index in [4.69, 9.17) is 16.3 Å². The molecule has 1 N–H and O–H groups in total. The van der Waals surface area contributed by atoms with Gasteiger partial charge in [-0.3, -0.25) is 14.9 Å². The van der Waals surface area contributed by atoms with Crippen molar-refractivity contribution in [2.45, 2.75) is 19.5 Å². The van der Waals surface area contributed by atoms with Crippen molar-refractivity contribution in [1.82, 2.24) is 9.78 Å². The molecule has 1 heterocycles. The Labute approximate surface area is 189 Å². The quantitative estimate of drug-likeness (QED) is 0.345. The number of ether oxygens (including phenoxy) is 2. The number of benzene rings is 2. The van der Waals surface area contributed by atoms with E-state index in [2.05, 4.69) is 15.2 Å². The third-order valence-corrected chi connectivity index (χ3v) is 4.41. The first-order valence-electron chi connectivity index (χ1n) is 9.25. The molecule has 0 fully saturated rings. The largest absolute Gasteiger partial charge is 0.487 e. The van der Waals surface area contributed by atoms with Gasteiger partial charge in [-0.1, -0.05) is 23.7 Å². The second-order valence-electron chi connectivity index (χ2n) is 6.67. The van der Waals surface area contributed by atoms with Crippen molar-refractivity contribution in [3.63, 3.8) is 0 Å². The maximum Gasteiger partial charge on any atom is 0.411 e. The molecule has 33 heavy (non-hydrogen) atoms. The van der Waals surface area contributed by atoms with E-state index in [9.17, 15) is 28.1 Å². The fraction of sp³-hybridized carbons (Fsp3) is 0.200. The number of carbonyl (C=O) groups is 1. The summed E-state index contributed by atoms with van der Waals surface area (Å²) in [5.41, 5.74) is 1.18. The van der Waals surface area contributed by atoms with Gasteiger partial charge in [-0.15, -0.1) is 0 Å². The summed E-state index contributed by atoms with van der Waals surface area (Å²) in [6.07, 6.45) is -1.81. The highest BCUT2D eigenvalue weighted by atomic mass is 35.5. The van der Waals surface area contributed by atoms with E-state index in [1.54, 1.807) is 24.3 Å². The SMILES string of the molecule is O=C(Nc1cnn(COCC(F)(F)F)c1)c1ccc(COc2ccc([N+](=O)[O-])cc2Cl)cc1. The molecule has 0 spiro atoms. The topological polar surface area (TPSA) is 109 Å². The molecule has 2 aromatic carbocycles. The number of nitro benzene ring substituents is 1. The number of non-ortho nitro benzene ring substituents is 1. The van der Waals surface area contributed by atoms with Gasteiger partial charge < -0.3 is 14.8 Å². The first-order valence-corrected chi connectivity index (χ1v) is 9.62. The van der Waals surface area contributed by atoms with Gasteiger partial charge in [0.25, 0.3) is 11.6 Å². The molecule has 0 bridgehead atoms. The molecule has 174 valence electrons. The van der Waals surface area contributed by atoms with Crippen LogP contribution in [0.1, 0.15) is 15.9 Å². The van der Waals surface area contributed by atoms with Gasteiger partial charge in [0.15, 0.2) is 0 Å². The molecule has 13 heteroatoms. The molecule has 9 nitrogen and oxygen atoms in total. The lowest BCUT2D eigenvalue weighted by molar-refractivity contribution is -0.384. The van der Waals surface area contributed by atoms with Crippen LogP contribution in [0.2, 0.25) is 5.02 Å². The third-order valence-electron chi connectivity index (χ3n) is 4.12. The minimum atomic E-state index is -4.44. The van der Waals surface area contributed by atoms with Crippen LogP contribution in [0.15, 0.2) is 54.9 Å². The zero-order valence-electron chi connectivity index (χ0n) is 16.7. The summed E-state index contributed by atoms with van der Waals surface area (Å²) in [6, 6.07) is 10.3. The number of anilines is 1. The van der Waals surface area contributed by atoms with Crippen molar-refractivity contribution in [3.05, 3.63) is 81.1 Å². The Hall–Kier alpha value is -3.64. The summed E-state index contributed by atoms with van der Waals surface area (Å²) in [5, 5.41) is 17.2. The van der Waals surface area contributed by atoms with Crippen molar-refractivity contribution in [3.8, 4) is 5.75 Å². The Morgan fingerprint density at radius 2 is 1.94 bits per heavy atom. The van der Waals surface area contributed by atoms with Crippen LogP contribution < -0.4 is 10.1 Å². The maximum absolute atomic E-state index is 12.4. The third kappa shape index (κ3) is 7.19. The molecule has 0 aliphatic carbocycles. The predicted molar refractivity (Wildman–Crippen MR) is 111 cm³/mol. The molecular formula is C20H16ClF3N4O5. The zero-order valence-corrected chi connectivity index (χ0v) is 17.5. The van der Waals surface area contributed by atoms with Crippen molar-refractivity contribution in [2.24, 2.45) is 0 Å². The van der Waals surface area contributed by atoms with Crippen molar-refractivity contribution < 1.29 is 32.4 Å². The monoisotopic (exact) mass is 484 g/mol. The number of nitrogens with one attached hydrogen (secondary N) is 1. The van der Waals surface area contributed by atoms with Crippen LogP contribution in [-0.2, 0) is 18.1 Å². The molecule has 0 unspecified atom stereocenters. The van der Waals surface area contributed by atoms with Crippen LogP contribution in [0.3, 0.4) is 0 Å². The predicted octanol–water partition coefficient (Wildman–Crippen LogP) is 4.81. The Kier molecular flexibility index (Phi) is 7.51. The van der Waals surface area contributed by atoms with E-state index >= 15 is 0 Å². The second kappa shape index (κ2) is 10.3. The van der Waals surface area contributed by atoms with Gasteiger partial charge in [0, 0.05) is 17.7 Å². The summed E-state index contributed by atoms with van der Waals surface area (Å²) < 4.78 is 47.5. The first-order chi connectivity index (χ1) is 15.6. The van der Waals surface area contributed by atoms with E-state index in [0.717, 1.165) is 10.2 Å². The molecule has 3 aromatic rings. The number of rotatable bonds is 9. The van der Waals surface area contributed by atoms with E-state index in [1.807, 2.05) is 0 Å². The number of aromatic nitrogens is 2. The normalized spacial score (nSPS) is 11.3. The Morgan fingerprint density at radius 1 is 1.21 bits per heavy atom. The molecule has 3 rings (SSSR count). The van der Waals surface area contributed by atoms with Crippen molar-refractivity contribution >= 4 is 28.9 Å². The lowest BCUT2D eigenvalue weighted by Gasteiger charge is -2.09. The molecule has 0 saturated heterocycles. The van der Waals surface area contributed by atoms with E-state index < -0.39 is 30.3 Å². The number of hydrogen-bond donors (Lipinski definition) is 1.